The molecule has 3 rings (SSSR count). The maximum Gasteiger partial charge on any atom is 0.271 e. The molecule has 0 radical (unpaired) electrons. The normalized spacial score (nSPS) is 14.6. The van der Waals surface area contributed by atoms with Crippen LogP contribution in [0.2, 0.25) is 0 Å². The molecule has 1 aliphatic carbocycles. The highest BCUT2D eigenvalue weighted by Crippen LogP contribution is 2.24. The molecule has 1 heterocycles. The monoisotopic (exact) mass is 313 g/mol. The van der Waals surface area contributed by atoms with Crippen LogP contribution in [0.1, 0.15) is 49.7 Å². The predicted octanol–water partition coefficient (Wildman–Crippen LogP) is 3.11. The third-order valence-corrected chi connectivity index (χ3v) is 3.87. The topological polar surface area (TPSA) is 56.1 Å². The molecule has 1 fully saturated rings. The van der Waals surface area contributed by atoms with Crippen LogP contribution in [0.3, 0.4) is 0 Å². The minimum atomic E-state index is -0.110. The van der Waals surface area contributed by atoms with Gasteiger partial charge in [-0.3, -0.25) is 4.79 Å². The van der Waals surface area contributed by atoms with Gasteiger partial charge in [-0.2, -0.15) is 5.10 Å². The summed E-state index contributed by atoms with van der Waals surface area (Å²) in [6.07, 6.45) is 3.89. The summed E-state index contributed by atoms with van der Waals surface area (Å²) >= 11 is 0. The van der Waals surface area contributed by atoms with Gasteiger partial charge in [-0.1, -0.05) is 32.9 Å². The standard InChI is InChI=1S/C18H23N3O2/c1-18(2,3)13-4-8-15(9-5-13)23-12-21-11-10-16(20-21)17(22)19-14-6-7-14/h4-5,8-11,14H,6-7,12H2,1-3H3,(H,19,22). The van der Waals surface area contributed by atoms with Gasteiger partial charge in [-0.05, 0) is 42.0 Å². The second-order valence-electron chi connectivity index (χ2n) is 7.04. The second-order valence-corrected chi connectivity index (χ2v) is 7.04. The Bertz CT molecular complexity index is 679. The molecule has 2 aromatic rings. The summed E-state index contributed by atoms with van der Waals surface area (Å²) in [5.74, 6) is 0.679. The fourth-order valence-electron chi connectivity index (χ4n) is 2.23. The summed E-state index contributed by atoms with van der Waals surface area (Å²) < 4.78 is 7.34. The molecule has 1 saturated carbocycles. The summed E-state index contributed by atoms with van der Waals surface area (Å²) in [7, 11) is 0. The van der Waals surface area contributed by atoms with Crippen LogP contribution in [0.15, 0.2) is 36.5 Å². The lowest BCUT2D eigenvalue weighted by atomic mass is 9.87. The Labute approximate surface area is 136 Å². The van der Waals surface area contributed by atoms with Gasteiger partial charge in [0.1, 0.15) is 11.4 Å². The first-order chi connectivity index (χ1) is 10.9. The summed E-state index contributed by atoms with van der Waals surface area (Å²) in [4.78, 5) is 11.9. The highest BCUT2D eigenvalue weighted by Gasteiger charge is 2.24. The van der Waals surface area contributed by atoms with Crippen LogP contribution in [-0.4, -0.2) is 21.7 Å². The second kappa shape index (κ2) is 6.07. The van der Waals surface area contributed by atoms with E-state index in [-0.39, 0.29) is 18.1 Å². The van der Waals surface area contributed by atoms with E-state index in [4.69, 9.17) is 4.74 Å². The molecule has 0 atom stereocenters. The van der Waals surface area contributed by atoms with E-state index < -0.39 is 0 Å². The molecule has 0 saturated heterocycles. The fourth-order valence-corrected chi connectivity index (χ4v) is 2.23. The summed E-state index contributed by atoms with van der Waals surface area (Å²) in [6.45, 7) is 6.83. The van der Waals surface area contributed by atoms with Crippen LogP contribution in [0.25, 0.3) is 0 Å². The lowest BCUT2D eigenvalue weighted by Gasteiger charge is -2.19. The smallest absolute Gasteiger partial charge is 0.271 e. The third kappa shape index (κ3) is 4.12. The van der Waals surface area contributed by atoms with E-state index in [2.05, 4.69) is 43.3 Å². The Morgan fingerprint density at radius 3 is 2.57 bits per heavy atom. The highest BCUT2D eigenvalue weighted by molar-refractivity contribution is 5.92. The SMILES string of the molecule is CC(C)(C)c1ccc(OCn2ccc(C(=O)NC3CC3)n2)cc1. The number of aromatic nitrogens is 2. The van der Waals surface area contributed by atoms with E-state index in [1.165, 1.54) is 5.56 Å². The third-order valence-electron chi connectivity index (χ3n) is 3.87. The Morgan fingerprint density at radius 2 is 1.96 bits per heavy atom. The van der Waals surface area contributed by atoms with E-state index in [0.717, 1.165) is 18.6 Å². The number of nitrogens with zero attached hydrogens (tertiary/aromatic N) is 2. The number of nitrogens with one attached hydrogen (secondary N) is 1. The predicted molar refractivity (Wildman–Crippen MR) is 88.5 cm³/mol. The van der Waals surface area contributed by atoms with Gasteiger partial charge in [0, 0.05) is 12.2 Å². The summed E-state index contributed by atoms with van der Waals surface area (Å²) in [6, 6.07) is 10.1. The van der Waals surface area contributed by atoms with Crippen LogP contribution >= 0.6 is 0 Å². The minimum Gasteiger partial charge on any atom is -0.471 e. The number of rotatable bonds is 5. The molecule has 1 aromatic carbocycles. The summed E-state index contributed by atoms with van der Waals surface area (Å²) in [5.41, 5.74) is 1.83. The van der Waals surface area contributed by atoms with Gasteiger partial charge >= 0.3 is 0 Å². The molecular weight excluding hydrogens is 290 g/mol. The molecule has 1 aromatic heterocycles. The van der Waals surface area contributed by atoms with Gasteiger partial charge in [0.2, 0.25) is 0 Å². The van der Waals surface area contributed by atoms with Crippen molar-refractivity contribution < 1.29 is 9.53 Å². The molecule has 0 spiro atoms. The Balaban J connectivity index is 1.55. The van der Waals surface area contributed by atoms with Gasteiger partial charge in [-0.15, -0.1) is 0 Å². The van der Waals surface area contributed by atoms with Crippen LogP contribution < -0.4 is 10.1 Å². The first-order valence-corrected chi connectivity index (χ1v) is 7.99. The van der Waals surface area contributed by atoms with E-state index in [0.29, 0.717) is 11.7 Å². The van der Waals surface area contributed by atoms with E-state index in [9.17, 15) is 4.79 Å². The molecule has 1 amide bonds. The van der Waals surface area contributed by atoms with Crippen molar-refractivity contribution >= 4 is 5.91 Å². The van der Waals surface area contributed by atoms with Crippen molar-refractivity contribution in [3.63, 3.8) is 0 Å². The molecule has 5 heteroatoms. The number of hydrogen-bond acceptors (Lipinski definition) is 3. The molecule has 0 unspecified atom stereocenters. The van der Waals surface area contributed by atoms with Gasteiger partial charge in [0.25, 0.3) is 5.91 Å². The molecule has 23 heavy (non-hydrogen) atoms. The molecule has 0 aliphatic heterocycles. The molecule has 1 N–H and O–H groups in total. The van der Waals surface area contributed by atoms with Crippen molar-refractivity contribution in [1.82, 2.24) is 15.1 Å². The molecule has 1 aliphatic rings. The zero-order valence-electron chi connectivity index (χ0n) is 13.9. The first-order valence-electron chi connectivity index (χ1n) is 7.99. The van der Waals surface area contributed by atoms with Crippen LogP contribution in [0.4, 0.5) is 0 Å². The van der Waals surface area contributed by atoms with Gasteiger partial charge < -0.3 is 10.1 Å². The van der Waals surface area contributed by atoms with E-state index >= 15 is 0 Å². The van der Waals surface area contributed by atoms with Crippen molar-refractivity contribution in [3.8, 4) is 5.75 Å². The van der Waals surface area contributed by atoms with E-state index in [1.54, 1.807) is 16.9 Å². The summed E-state index contributed by atoms with van der Waals surface area (Å²) in [5, 5.41) is 7.16. The quantitative estimate of drug-likeness (QED) is 0.923. The van der Waals surface area contributed by atoms with Crippen molar-refractivity contribution in [2.75, 3.05) is 0 Å². The Kier molecular flexibility index (Phi) is 4.11. The molecular formula is C18H23N3O2. The molecule has 5 nitrogen and oxygen atoms in total. The number of benzene rings is 1. The van der Waals surface area contributed by atoms with E-state index in [1.807, 2.05) is 12.1 Å². The first kappa shape index (κ1) is 15.6. The Hall–Kier alpha value is -2.30. The van der Waals surface area contributed by atoms with Crippen LogP contribution in [-0.2, 0) is 12.1 Å². The van der Waals surface area contributed by atoms with Crippen molar-refractivity contribution in [1.29, 1.82) is 0 Å². The number of carbonyl (C=O) groups excluding carboxylic acids is 1. The van der Waals surface area contributed by atoms with Crippen LogP contribution in [0.5, 0.6) is 5.75 Å². The molecule has 0 bridgehead atoms. The number of amides is 1. The van der Waals surface area contributed by atoms with Crippen LogP contribution in [0, 0.1) is 0 Å². The van der Waals surface area contributed by atoms with Crippen molar-refractivity contribution in [2.45, 2.75) is 51.8 Å². The van der Waals surface area contributed by atoms with Gasteiger partial charge in [-0.25, -0.2) is 4.68 Å². The highest BCUT2D eigenvalue weighted by atomic mass is 16.5. The lowest BCUT2D eigenvalue weighted by molar-refractivity contribution is 0.0944. The average Bonchev–Trinajstić information content (AvgIpc) is 3.19. The average molecular weight is 313 g/mol. The maximum atomic E-state index is 11.9. The lowest BCUT2D eigenvalue weighted by Crippen LogP contribution is -2.26. The Morgan fingerprint density at radius 1 is 1.26 bits per heavy atom. The zero-order valence-corrected chi connectivity index (χ0v) is 13.9. The fraction of sp³-hybridized carbons (Fsp3) is 0.444. The number of hydrogen-bond donors (Lipinski definition) is 1. The number of carbonyl (C=O) groups is 1. The van der Waals surface area contributed by atoms with Gasteiger partial charge in [0.05, 0.1) is 0 Å². The largest absolute Gasteiger partial charge is 0.471 e. The zero-order chi connectivity index (χ0) is 16.4. The number of ether oxygens (including phenoxy) is 1. The molecule has 122 valence electrons. The van der Waals surface area contributed by atoms with Crippen molar-refractivity contribution in [2.24, 2.45) is 0 Å². The minimum absolute atomic E-state index is 0.110. The maximum absolute atomic E-state index is 11.9. The van der Waals surface area contributed by atoms with Crippen molar-refractivity contribution in [3.05, 3.63) is 47.8 Å². The van der Waals surface area contributed by atoms with Gasteiger partial charge in [0.15, 0.2) is 6.73 Å².